The van der Waals surface area contributed by atoms with E-state index in [0.29, 0.717) is 6.04 Å². The molecule has 0 saturated carbocycles. The molecule has 0 saturated heterocycles. The summed E-state index contributed by atoms with van der Waals surface area (Å²) in [6.07, 6.45) is 2.09. The molecule has 2 aromatic rings. The number of rotatable bonds is 5. The minimum absolute atomic E-state index is 0.401. The molecule has 0 amide bonds. The number of benzene rings is 1. The predicted molar refractivity (Wildman–Crippen MR) is 77.4 cm³/mol. The number of hydrogen-bond donors (Lipinski definition) is 1. The zero-order valence-electron chi connectivity index (χ0n) is 11.2. The summed E-state index contributed by atoms with van der Waals surface area (Å²) in [4.78, 5) is 4.72. The Morgan fingerprint density at radius 1 is 1.39 bits per heavy atom. The number of imidazole rings is 1. The quantitative estimate of drug-likeness (QED) is 0.840. The third-order valence-corrected chi connectivity index (χ3v) is 3.30. The van der Waals surface area contributed by atoms with Gasteiger partial charge >= 0.3 is 0 Å². The summed E-state index contributed by atoms with van der Waals surface area (Å²) >= 11 is 6.08. The molecule has 0 fully saturated rings. The van der Waals surface area contributed by atoms with Crippen LogP contribution in [0.5, 0.6) is 0 Å². The van der Waals surface area contributed by atoms with Crippen LogP contribution in [0, 0.1) is 0 Å². The zero-order chi connectivity index (χ0) is 13.1. The van der Waals surface area contributed by atoms with Gasteiger partial charge in [-0.3, -0.25) is 0 Å². The van der Waals surface area contributed by atoms with E-state index in [1.54, 1.807) is 0 Å². The Bertz CT molecular complexity index is 531. The lowest BCUT2D eigenvalue weighted by atomic mass is 10.2. The number of aryl methyl sites for hydroxylation is 1. The van der Waals surface area contributed by atoms with Crippen LogP contribution in [0.2, 0.25) is 5.02 Å². The van der Waals surface area contributed by atoms with Gasteiger partial charge in [-0.15, -0.1) is 0 Å². The number of nitrogens with zero attached hydrogens (tertiary/aromatic N) is 2. The number of hydrogen-bond acceptors (Lipinski definition) is 2. The molecule has 0 atom stereocenters. The van der Waals surface area contributed by atoms with Crippen LogP contribution in [0.1, 0.15) is 32.1 Å². The maximum Gasteiger partial charge on any atom is 0.110 e. The van der Waals surface area contributed by atoms with Crippen LogP contribution in [-0.2, 0) is 6.42 Å². The van der Waals surface area contributed by atoms with Crippen molar-refractivity contribution in [3.63, 3.8) is 0 Å². The number of halogens is 1. The SMILES string of the molecule is CNCCCc1nc2ccc(Cl)cc2n1C(C)C. The van der Waals surface area contributed by atoms with E-state index in [4.69, 9.17) is 16.6 Å². The Morgan fingerprint density at radius 2 is 2.17 bits per heavy atom. The van der Waals surface area contributed by atoms with Crippen LogP contribution < -0.4 is 5.32 Å². The molecule has 0 spiro atoms. The second-order valence-electron chi connectivity index (χ2n) is 4.83. The maximum absolute atomic E-state index is 6.08. The highest BCUT2D eigenvalue weighted by molar-refractivity contribution is 6.31. The fourth-order valence-corrected chi connectivity index (χ4v) is 2.46. The van der Waals surface area contributed by atoms with Crippen molar-refractivity contribution in [2.45, 2.75) is 32.7 Å². The van der Waals surface area contributed by atoms with Crippen molar-refractivity contribution < 1.29 is 0 Å². The van der Waals surface area contributed by atoms with Gasteiger partial charge in [-0.05, 0) is 52.1 Å². The molecule has 4 heteroatoms. The Morgan fingerprint density at radius 3 is 2.83 bits per heavy atom. The largest absolute Gasteiger partial charge is 0.325 e. The summed E-state index contributed by atoms with van der Waals surface area (Å²) in [7, 11) is 1.98. The minimum Gasteiger partial charge on any atom is -0.325 e. The summed E-state index contributed by atoms with van der Waals surface area (Å²) in [5, 5.41) is 3.94. The molecule has 3 nitrogen and oxygen atoms in total. The van der Waals surface area contributed by atoms with Gasteiger partial charge in [0.05, 0.1) is 11.0 Å². The van der Waals surface area contributed by atoms with Crippen LogP contribution in [0.25, 0.3) is 11.0 Å². The molecule has 0 aliphatic heterocycles. The van der Waals surface area contributed by atoms with E-state index < -0.39 is 0 Å². The van der Waals surface area contributed by atoms with Gasteiger partial charge in [0.2, 0.25) is 0 Å². The van der Waals surface area contributed by atoms with Crippen molar-refractivity contribution in [1.29, 1.82) is 0 Å². The Hall–Kier alpha value is -1.06. The smallest absolute Gasteiger partial charge is 0.110 e. The first kappa shape index (κ1) is 13.4. The molecule has 1 heterocycles. The minimum atomic E-state index is 0.401. The third-order valence-electron chi connectivity index (χ3n) is 3.07. The fraction of sp³-hybridized carbons (Fsp3) is 0.500. The van der Waals surface area contributed by atoms with Crippen molar-refractivity contribution in [3.8, 4) is 0 Å². The highest BCUT2D eigenvalue weighted by Gasteiger charge is 2.13. The average Bonchev–Trinajstić information content (AvgIpc) is 2.67. The van der Waals surface area contributed by atoms with E-state index in [-0.39, 0.29) is 0 Å². The van der Waals surface area contributed by atoms with Crippen LogP contribution >= 0.6 is 11.6 Å². The van der Waals surface area contributed by atoms with E-state index in [9.17, 15) is 0 Å². The molecule has 1 N–H and O–H groups in total. The summed E-state index contributed by atoms with van der Waals surface area (Å²) in [5.41, 5.74) is 2.17. The van der Waals surface area contributed by atoms with E-state index in [1.807, 2.05) is 25.2 Å². The standard InChI is InChI=1S/C14H20ClN3/c1-10(2)18-13-9-11(15)6-7-12(13)17-14(18)5-4-8-16-3/h6-7,9-10,16H,4-5,8H2,1-3H3. The van der Waals surface area contributed by atoms with Gasteiger partial charge < -0.3 is 9.88 Å². The summed E-state index contributed by atoms with van der Waals surface area (Å²) < 4.78 is 2.29. The number of nitrogens with one attached hydrogen (secondary N) is 1. The first-order valence-corrected chi connectivity index (χ1v) is 6.82. The van der Waals surface area contributed by atoms with Crippen LogP contribution in [0.15, 0.2) is 18.2 Å². The Labute approximate surface area is 113 Å². The maximum atomic E-state index is 6.08. The van der Waals surface area contributed by atoms with Crippen molar-refractivity contribution in [3.05, 3.63) is 29.0 Å². The van der Waals surface area contributed by atoms with Gasteiger partial charge in [0.25, 0.3) is 0 Å². The normalized spacial score (nSPS) is 11.6. The van der Waals surface area contributed by atoms with Crippen LogP contribution in [0.4, 0.5) is 0 Å². The molecular weight excluding hydrogens is 246 g/mol. The summed E-state index contributed by atoms with van der Waals surface area (Å²) in [5.74, 6) is 1.15. The van der Waals surface area contributed by atoms with Gasteiger partial charge in [-0.25, -0.2) is 4.98 Å². The summed E-state index contributed by atoms with van der Waals surface area (Å²) in [6, 6.07) is 6.31. The lowest BCUT2D eigenvalue weighted by Gasteiger charge is -2.13. The molecule has 1 aromatic heterocycles. The van der Waals surface area contributed by atoms with Crippen LogP contribution in [-0.4, -0.2) is 23.1 Å². The van der Waals surface area contributed by atoms with Crippen molar-refractivity contribution in [1.82, 2.24) is 14.9 Å². The molecule has 0 unspecified atom stereocenters. The molecule has 0 aliphatic rings. The van der Waals surface area contributed by atoms with Crippen molar-refractivity contribution in [2.75, 3.05) is 13.6 Å². The van der Waals surface area contributed by atoms with E-state index in [1.165, 1.54) is 0 Å². The number of fused-ring (bicyclic) bond motifs is 1. The molecule has 18 heavy (non-hydrogen) atoms. The van der Waals surface area contributed by atoms with E-state index >= 15 is 0 Å². The van der Waals surface area contributed by atoms with Gasteiger partial charge in [0.15, 0.2) is 0 Å². The first-order valence-electron chi connectivity index (χ1n) is 6.44. The second kappa shape index (κ2) is 5.72. The molecule has 2 rings (SSSR count). The third kappa shape index (κ3) is 2.68. The lowest BCUT2D eigenvalue weighted by molar-refractivity contribution is 0.571. The molecule has 0 bridgehead atoms. The highest BCUT2D eigenvalue weighted by Crippen LogP contribution is 2.24. The van der Waals surface area contributed by atoms with Crippen LogP contribution in [0.3, 0.4) is 0 Å². The number of aromatic nitrogens is 2. The molecular formula is C14H20ClN3. The van der Waals surface area contributed by atoms with E-state index in [0.717, 1.165) is 41.3 Å². The fourth-order valence-electron chi connectivity index (χ4n) is 2.29. The zero-order valence-corrected chi connectivity index (χ0v) is 12.0. The lowest BCUT2D eigenvalue weighted by Crippen LogP contribution is -2.11. The average molecular weight is 266 g/mol. The van der Waals surface area contributed by atoms with Crippen molar-refractivity contribution in [2.24, 2.45) is 0 Å². The first-order chi connectivity index (χ1) is 8.63. The summed E-state index contributed by atoms with van der Waals surface area (Å²) in [6.45, 7) is 5.38. The Kier molecular flexibility index (Phi) is 4.25. The highest BCUT2D eigenvalue weighted by atomic mass is 35.5. The van der Waals surface area contributed by atoms with Gasteiger partial charge in [0.1, 0.15) is 5.82 Å². The molecule has 0 radical (unpaired) electrons. The molecule has 98 valence electrons. The van der Waals surface area contributed by atoms with Gasteiger partial charge in [0, 0.05) is 17.5 Å². The van der Waals surface area contributed by atoms with Gasteiger partial charge in [-0.2, -0.15) is 0 Å². The van der Waals surface area contributed by atoms with Crippen molar-refractivity contribution >= 4 is 22.6 Å². The molecule has 0 aliphatic carbocycles. The predicted octanol–water partition coefficient (Wildman–Crippen LogP) is 3.42. The Balaban J connectivity index is 2.41. The topological polar surface area (TPSA) is 29.9 Å². The monoisotopic (exact) mass is 265 g/mol. The molecule has 1 aromatic carbocycles. The second-order valence-corrected chi connectivity index (χ2v) is 5.27. The van der Waals surface area contributed by atoms with Gasteiger partial charge in [-0.1, -0.05) is 11.6 Å². The van der Waals surface area contributed by atoms with E-state index in [2.05, 4.69) is 23.7 Å².